The highest BCUT2D eigenvalue weighted by Gasteiger charge is 2.13. The summed E-state index contributed by atoms with van der Waals surface area (Å²) in [5.41, 5.74) is 3.27. The van der Waals surface area contributed by atoms with E-state index >= 15 is 0 Å². The molecular formula is C13H17ClN2OS. The van der Waals surface area contributed by atoms with E-state index < -0.39 is 0 Å². The fourth-order valence-corrected chi connectivity index (χ4v) is 3.06. The lowest BCUT2D eigenvalue weighted by atomic mass is 10.1. The van der Waals surface area contributed by atoms with Crippen LogP contribution in [0.15, 0.2) is 18.2 Å². The van der Waals surface area contributed by atoms with E-state index in [1.54, 1.807) is 0 Å². The molecule has 0 spiro atoms. The van der Waals surface area contributed by atoms with Crippen molar-refractivity contribution in [3.05, 3.63) is 23.8 Å². The minimum Gasteiger partial charge on any atom is -0.370 e. The molecule has 1 fully saturated rings. The lowest BCUT2D eigenvalue weighted by molar-refractivity contribution is -0.113. The number of nitrogens with zero attached hydrogens (tertiary/aromatic N) is 1. The van der Waals surface area contributed by atoms with Crippen molar-refractivity contribution in [3.63, 3.8) is 0 Å². The van der Waals surface area contributed by atoms with Crippen molar-refractivity contribution >= 4 is 40.6 Å². The highest BCUT2D eigenvalue weighted by molar-refractivity contribution is 7.99. The van der Waals surface area contributed by atoms with Gasteiger partial charge in [0.15, 0.2) is 0 Å². The predicted octanol–water partition coefficient (Wildman–Crippen LogP) is 2.73. The molecule has 0 saturated carbocycles. The summed E-state index contributed by atoms with van der Waals surface area (Å²) in [7, 11) is 0. The molecule has 1 aromatic carbocycles. The molecule has 0 aromatic heterocycles. The number of carbonyl (C=O) groups is 1. The number of hydrogen-bond acceptors (Lipinski definition) is 3. The highest BCUT2D eigenvalue weighted by atomic mass is 35.5. The van der Waals surface area contributed by atoms with E-state index in [4.69, 9.17) is 11.6 Å². The van der Waals surface area contributed by atoms with Crippen molar-refractivity contribution in [2.45, 2.75) is 6.92 Å². The van der Waals surface area contributed by atoms with Gasteiger partial charge in [0.2, 0.25) is 5.91 Å². The predicted molar refractivity (Wildman–Crippen MR) is 80.1 cm³/mol. The molecular weight excluding hydrogens is 268 g/mol. The SMILES string of the molecule is Cc1cc(NC(=O)CCl)ccc1N1CCSCC1. The monoisotopic (exact) mass is 284 g/mol. The number of anilines is 2. The van der Waals surface area contributed by atoms with Gasteiger partial charge in [-0.1, -0.05) is 0 Å². The Bertz CT molecular complexity index is 433. The summed E-state index contributed by atoms with van der Waals surface area (Å²) in [6.45, 7) is 4.27. The summed E-state index contributed by atoms with van der Waals surface area (Å²) >= 11 is 7.47. The molecule has 1 N–H and O–H groups in total. The third kappa shape index (κ3) is 3.33. The summed E-state index contributed by atoms with van der Waals surface area (Å²) in [5, 5.41) is 2.77. The van der Waals surface area contributed by atoms with Gasteiger partial charge >= 0.3 is 0 Å². The Labute approximate surface area is 117 Å². The van der Waals surface area contributed by atoms with E-state index in [-0.39, 0.29) is 11.8 Å². The summed E-state index contributed by atoms with van der Waals surface area (Å²) < 4.78 is 0. The number of amides is 1. The summed E-state index contributed by atoms with van der Waals surface area (Å²) in [5.74, 6) is 2.19. The van der Waals surface area contributed by atoms with E-state index in [1.165, 1.54) is 22.8 Å². The Morgan fingerprint density at radius 3 is 2.78 bits per heavy atom. The third-order valence-corrected chi connectivity index (χ3v) is 4.14. The van der Waals surface area contributed by atoms with Crippen molar-refractivity contribution in [1.82, 2.24) is 0 Å². The average molecular weight is 285 g/mol. The molecule has 1 amide bonds. The van der Waals surface area contributed by atoms with Gasteiger partial charge in [-0.25, -0.2) is 0 Å². The normalized spacial score (nSPS) is 15.6. The standard InChI is InChI=1S/C13H17ClN2OS/c1-10-8-11(15-13(17)9-14)2-3-12(10)16-4-6-18-7-5-16/h2-3,8H,4-7,9H2,1H3,(H,15,17). The molecule has 2 rings (SSSR count). The molecule has 18 heavy (non-hydrogen) atoms. The van der Waals surface area contributed by atoms with Gasteiger partial charge < -0.3 is 10.2 Å². The molecule has 1 aliphatic rings. The van der Waals surface area contributed by atoms with Gasteiger partial charge in [-0.3, -0.25) is 4.79 Å². The Morgan fingerprint density at radius 2 is 2.17 bits per heavy atom. The number of halogens is 1. The molecule has 0 bridgehead atoms. The molecule has 5 heteroatoms. The first-order valence-corrected chi connectivity index (χ1v) is 7.69. The molecule has 98 valence electrons. The van der Waals surface area contributed by atoms with Crippen LogP contribution in [0, 0.1) is 6.92 Å². The molecule has 0 atom stereocenters. The number of thioether (sulfide) groups is 1. The Morgan fingerprint density at radius 1 is 1.44 bits per heavy atom. The number of nitrogens with one attached hydrogen (secondary N) is 1. The van der Waals surface area contributed by atoms with Crippen LogP contribution in [0.3, 0.4) is 0 Å². The van der Waals surface area contributed by atoms with E-state index in [1.807, 2.05) is 23.9 Å². The molecule has 0 aliphatic carbocycles. The molecule has 1 saturated heterocycles. The van der Waals surface area contributed by atoms with Gasteiger partial charge in [0.05, 0.1) is 0 Å². The first-order chi connectivity index (χ1) is 8.70. The lowest BCUT2D eigenvalue weighted by Gasteiger charge is -2.30. The number of alkyl halides is 1. The molecule has 1 aromatic rings. The maximum absolute atomic E-state index is 11.2. The van der Waals surface area contributed by atoms with E-state index in [2.05, 4.69) is 23.2 Å². The van der Waals surface area contributed by atoms with Crippen LogP contribution in [-0.4, -0.2) is 36.4 Å². The van der Waals surface area contributed by atoms with Crippen LogP contribution in [0.1, 0.15) is 5.56 Å². The molecule has 0 radical (unpaired) electrons. The maximum atomic E-state index is 11.2. The summed E-state index contributed by atoms with van der Waals surface area (Å²) in [6, 6.07) is 6.02. The van der Waals surface area contributed by atoms with Gasteiger partial charge in [-0.2, -0.15) is 11.8 Å². The zero-order valence-electron chi connectivity index (χ0n) is 10.4. The maximum Gasteiger partial charge on any atom is 0.239 e. The first kappa shape index (κ1) is 13.6. The van der Waals surface area contributed by atoms with Crippen LogP contribution < -0.4 is 10.2 Å². The Hall–Kier alpha value is -0.870. The number of benzene rings is 1. The molecule has 1 heterocycles. The van der Waals surface area contributed by atoms with E-state index in [0.29, 0.717) is 0 Å². The van der Waals surface area contributed by atoms with Crippen molar-refractivity contribution in [2.75, 3.05) is 40.7 Å². The van der Waals surface area contributed by atoms with Gasteiger partial charge in [-0.05, 0) is 30.7 Å². The molecule has 0 unspecified atom stereocenters. The quantitative estimate of drug-likeness (QED) is 0.866. The number of rotatable bonds is 3. The van der Waals surface area contributed by atoms with Gasteiger partial charge in [0, 0.05) is 36.0 Å². The van der Waals surface area contributed by atoms with E-state index in [0.717, 1.165) is 18.8 Å². The van der Waals surface area contributed by atoms with Crippen LogP contribution in [0.25, 0.3) is 0 Å². The molecule has 1 aliphatic heterocycles. The Kier molecular flexibility index (Phi) is 4.78. The van der Waals surface area contributed by atoms with Crippen molar-refractivity contribution in [1.29, 1.82) is 0 Å². The lowest BCUT2D eigenvalue weighted by Crippen LogP contribution is -2.32. The summed E-state index contributed by atoms with van der Waals surface area (Å²) in [4.78, 5) is 13.6. The van der Waals surface area contributed by atoms with Gasteiger partial charge in [-0.15, -0.1) is 11.6 Å². The van der Waals surface area contributed by atoms with Crippen LogP contribution in [0.5, 0.6) is 0 Å². The second-order valence-corrected chi connectivity index (χ2v) is 5.77. The fraction of sp³-hybridized carbons (Fsp3) is 0.462. The first-order valence-electron chi connectivity index (χ1n) is 6.00. The minimum absolute atomic E-state index is 0.00977. The zero-order valence-corrected chi connectivity index (χ0v) is 12.0. The van der Waals surface area contributed by atoms with Crippen LogP contribution in [0.2, 0.25) is 0 Å². The van der Waals surface area contributed by atoms with Crippen molar-refractivity contribution in [3.8, 4) is 0 Å². The second kappa shape index (κ2) is 6.34. The van der Waals surface area contributed by atoms with Crippen LogP contribution in [0.4, 0.5) is 11.4 Å². The van der Waals surface area contributed by atoms with Crippen LogP contribution in [-0.2, 0) is 4.79 Å². The van der Waals surface area contributed by atoms with Gasteiger partial charge in [0.25, 0.3) is 0 Å². The topological polar surface area (TPSA) is 32.3 Å². The minimum atomic E-state index is -0.168. The van der Waals surface area contributed by atoms with E-state index in [9.17, 15) is 4.79 Å². The zero-order chi connectivity index (χ0) is 13.0. The molecule has 3 nitrogen and oxygen atoms in total. The summed E-state index contributed by atoms with van der Waals surface area (Å²) in [6.07, 6.45) is 0. The van der Waals surface area contributed by atoms with Gasteiger partial charge in [0.1, 0.15) is 5.88 Å². The largest absolute Gasteiger partial charge is 0.370 e. The number of aryl methyl sites for hydroxylation is 1. The number of hydrogen-bond donors (Lipinski definition) is 1. The average Bonchev–Trinajstić information content (AvgIpc) is 2.40. The fourth-order valence-electron chi connectivity index (χ4n) is 2.09. The van der Waals surface area contributed by atoms with Crippen molar-refractivity contribution in [2.24, 2.45) is 0 Å². The van der Waals surface area contributed by atoms with Crippen LogP contribution >= 0.6 is 23.4 Å². The van der Waals surface area contributed by atoms with Crippen molar-refractivity contribution < 1.29 is 4.79 Å². The highest BCUT2D eigenvalue weighted by Crippen LogP contribution is 2.26. The smallest absolute Gasteiger partial charge is 0.239 e. The third-order valence-electron chi connectivity index (χ3n) is 2.95. The second-order valence-electron chi connectivity index (χ2n) is 4.28. The Balaban J connectivity index is 2.11. The number of carbonyl (C=O) groups excluding carboxylic acids is 1.